The van der Waals surface area contributed by atoms with Crippen molar-refractivity contribution < 1.29 is 0 Å². The fraction of sp³-hybridized carbons (Fsp3) is 0.133. The molecule has 20 heavy (non-hydrogen) atoms. The standard InChI is InChI=1S/C15H14BrN3S/c16-15-8-12(11-20-15)9-17-14-5-2-1-4-13(14)10-19-7-3-6-18-19/h1-8,11,17H,9-10H2. The number of benzene rings is 1. The summed E-state index contributed by atoms with van der Waals surface area (Å²) >= 11 is 5.20. The molecule has 0 bridgehead atoms. The highest BCUT2D eigenvalue weighted by Gasteiger charge is 2.03. The molecule has 0 aliphatic heterocycles. The number of aromatic nitrogens is 2. The summed E-state index contributed by atoms with van der Waals surface area (Å²) in [5.41, 5.74) is 3.69. The molecule has 1 N–H and O–H groups in total. The van der Waals surface area contributed by atoms with Gasteiger partial charge in [-0.25, -0.2) is 0 Å². The zero-order valence-corrected chi connectivity index (χ0v) is 13.2. The molecule has 0 saturated carbocycles. The van der Waals surface area contributed by atoms with E-state index in [1.807, 2.05) is 16.9 Å². The fourth-order valence-electron chi connectivity index (χ4n) is 2.03. The summed E-state index contributed by atoms with van der Waals surface area (Å²) in [6, 6.07) is 12.4. The second-order valence-corrected chi connectivity index (χ2v) is 6.76. The number of hydrogen-bond donors (Lipinski definition) is 1. The summed E-state index contributed by atoms with van der Waals surface area (Å²) in [7, 11) is 0. The summed E-state index contributed by atoms with van der Waals surface area (Å²) in [6.07, 6.45) is 3.78. The third-order valence-corrected chi connectivity index (χ3v) is 4.57. The molecular weight excluding hydrogens is 334 g/mol. The maximum atomic E-state index is 4.26. The topological polar surface area (TPSA) is 29.9 Å². The molecule has 0 unspecified atom stereocenters. The molecule has 0 fully saturated rings. The van der Waals surface area contributed by atoms with Gasteiger partial charge in [0.25, 0.3) is 0 Å². The second kappa shape index (κ2) is 6.24. The lowest BCUT2D eigenvalue weighted by Gasteiger charge is -2.11. The van der Waals surface area contributed by atoms with E-state index in [1.165, 1.54) is 14.9 Å². The lowest BCUT2D eigenvalue weighted by Crippen LogP contribution is -2.05. The summed E-state index contributed by atoms with van der Waals surface area (Å²) in [5, 5.41) is 9.92. The van der Waals surface area contributed by atoms with Gasteiger partial charge in [-0.05, 0) is 50.6 Å². The van der Waals surface area contributed by atoms with Crippen molar-refractivity contribution in [3.63, 3.8) is 0 Å². The van der Waals surface area contributed by atoms with Crippen molar-refractivity contribution >= 4 is 33.0 Å². The van der Waals surface area contributed by atoms with Gasteiger partial charge in [-0.3, -0.25) is 4.68 Å². The van der Waals surface area contributed by atoms with E-state index in [9.17, 15) is 0 Å². The van der Waals surface area contributed by atoms with E-state index in [4.69, 9.17) is 0 Å². The van der Waals surface area contributed by atoms with E-state index in [2.05, 4.69) is 62.1 Å². The molecule has 0 aliphatic rings. The molecule has 2 aromatic heterocycles. The van der Waals surface area contributed by atoms with Crippen LogP contribution in [0, 0.1) is 0 Å². The molecule has 0 atom stereocenters. The quantitative estimate of drug-likeness (QED) is 0.742. The summed E-state index contributed by atoms with van der Waals surface area (Å²) < 4.78 is 3.10. The minimum atomic E-state index is 0.781. The van der Waals surface area contributed by atoms with Crippen molar-refractivity contribution in [2.75, 3.05) is 5.32 Å². The lowest BCUT2D eigenvalue weighted by molar-refractivity contribution is 0.687. The van der Waals surface area contributed by atoms with E-state index in [0.717, 1.165) is 18.8 Å². The predicted octanol–water partition coefficient (Wildman–Crippen LogP) is 4.37. The van der Waals surface area contributed by atoms with Gasteiger partial charge in [0.1, 0.15) is 0 Å². The van der Waals surface area contributed by atoms with Gasteiger partial charge in [0.2, 0.25) is 0 Å². The normalized spacial score (nSPS) is 10.7. The molecule has 3 rings (SSSR count). The van der Waals surface area contributed by atoms with Crippen LogP contribution in [0.15, 0.2) is 58.0 Å². The number of halogens is 1. The number of para-hydroxylation sites is 1. The first-order valence-corrected chi connectivity index (χ1v) is 8.00. The van der Waals surface area contributed by atoms with Crippen LogP contribution >= 0.6 is 27.3 Å². The van der Waals surface area contributed by atoms with E-state index >= 15 is 0 Å². The third-order valence-electron chi connectivity index (χ3n) is 3.01. The summed E-state index contributed by atoms with van der Waals surface area (Å²) in [6.45, 7) is 1.61. The number of rotatable bonds is 5. The van der Waals surface area contributed by atoms with Crippen molar-refractivity contribution in [2.45, 2.75) is 13.1 Å². The Bertz CT molecular complexity index is 676. The van der Waals surface area contributed by atoms with Gasteiger partial charge >= 0.3 is 0 Å². The number of nitrogens with zero attached hydrogens (tertiary/aromatic N) is 2. The van der Waals surface area contributed by atoms with Crippen molar-refractivity contribution in [1.82, 2.24) is 9.78 Å². The van der Waals surface area contributed by atoms with Crippen molar-refractivity contribution in [1.29, 1.82) is 0 Å². The molecule has 0 aliphatic carbocycles. The van der Waals surface area contributed by atoms with Gasteiger partial charge < -0.3 is 5.32 Å². The molecular formula is C15H14BrN3S. The molecule has 0 saturated heterocycles. The van der Waals surface area contributed by atoms with E-state index in [1.54, 1.807) is 17.5 Å². The Hall–Kier alpha value is -1.59. The SMILES string of the molecule is Brc1cc(CNc2ccccc2Cn2cccn2)cs1. The number of thiophene rings is 1. The average Bonchev–Trinajstić information content (AvgIpc) is 3.10. The van der Waals surface area contributed by atoms with Crippen LogP contribution in [-0.4, -0.2) is 9.78 Å². The number of nitrogens with one attached hydrogen (secondary N) is 1. The van der Waals surface area contributed by atoms with Crippen LogP contribution in [0.4, 0.5) is 5.69 Å². The molecule has 0 spiro atoms. The minimum Gasteiger partial charge on any atom is -0.381 e. The Morgan fingerprint density at radius 1 is 1.25 bits per heavy atom. The third kappa shape index (κ3) is 3.29. The highest BCUT2D eigenvalue weighted by atomic mass is 79.9. The van der Waals surface area contributed by atoms with Gasteiger partial charge in [-0.1, -0.05) is 18.2 Å². The Labute approximate surface area is 130 Å². The smallest absolute Gasteiger partial charge is 0.0701 e. The first kappa shape index (κ1) is 13.4. The highest BCUT2D eigenvalue weighted by molar-refractivity contribution is 9.11. The van der Waals surface area contributed by atoms with Crippen LogP contribution in [0.25, 0.3) is 0 Å². The Morgan fingerprint density at radius 2 is 2.15 bits per heavy atom. The Morgan fingerprint density at radius 3 is 2.90 bits per heavy atom. The largest absolute Gasteiger partial charge is 0.381 e. The number of hydrogen-bond acceptors (Lipinski definition) is 3. The molecule has 102 valence electrons. The van der Waals surface area contributed by atoms with Crippen LogP contribution in [-0.2, 0) is 13.1 Å². The molecule has 0 radical (unpaired) electrons. The first-order valence-electron chi connectivity index (χ1n) is 6.33. The van der Waals surface area contributed by atoms with E-state index in [-0.39, 0.29) is 0 Å². The van der Waals surface area contributed by atoms with Crippen LogP contribution in [0.2, 0.25) is 0 Å². The predicted molar refractivity (Wildman–Crippen MR) is 87.1 cm³/mol. The lowest BCUT2D eigenvalue weighted by atomic mass is 10.1. The van der Waals surface area contributed by atoms with Gasteiger partial charge in [0.05, 0.1) is 10.3 Å². The fourth-order valence-corrected chi connectivity index (χ4v) is 3.24. The monoisotopic (exact) mass is 347 g/mol. The maximum Gasteiger partial charge on any atom is 0.0701 e. The van der Waals surface area contributed by atoms with Crippen LogP contribution in [0.1, 0.15) is 11.1 Å². The number of anilines is 1. The Kier molecular flexibility index (Phi) is 4.18. The zero-order chi connectivity index (χ0) is 13.8. The van der Waals surface area contributed by atoms with Crippen molar-refractivity contribution in [2.24, 2.45) is 0 Å². The maximum absolute atomic E-state index is 4.26. The summed E-state index contributed by atoms with van der Waals surface area (Å²) in [4.78, 5) is 0. The van der Waals surface area contributed by atoms with E-state index < -0.39 is 0 Å². The van der Waals surface area contributed by atoms with Gasteiger partial charge in [-0.15, -0.1) is 11.3 Å². The second-order valence-electron chi connectivity index (χ2n) is 4.47. The zero-order valence-electron chi connectivity index (χ0n) is 10.8. The van der Waals surface area contributed by atoms with Gasteiger partial charge in [0.15, 0.2) is 0 Å². The molecule has 3 nitrogen and oxygen atoms in total. The molecule has 3 aromatic rings. The molecule has 1 aromatic carbocycles. The van der Waals surface area contributed by atoms with Crippen LogP contribution in [0.5, 0.6) is 0 Å². The van der Waals surface area contributed by atoms with Gasteiger partial charge in [0, 0.05) is 24.6 Å². The van der Waals surface area contributed by atoms with Gasteiger partial charge in [-0.2, -0.15) is 5.10 Å². The summed E-state index contributed by atoms with van der Waals surface area (Å²) in [5.74, 6) is 0. The van der Waals surface area contributed by atoms with E-state index in [0.29, 0.717) is 0 Å². The Balaban J connectivity index is 1.72. The molecule has 0 amide bonds. The molecule has 2 heterocycles. The van der Waals surface area contributed by atoms with Crippen molar-refractivity contribution in [3.05, 3.63) is 69.1 Å². The highest BCUT2D eigenvalue weighted by Crippen LogP contribution is 2.22. The van der Waals surface area contributed by atoms with Crippen LogP contribution in [0.3, 0.4) is 0 Å². The first-order chi connectivity index (χ1) is 9.81. The molecule has 5 heteroatoms. The average molecular weight is 348 g/mol. The minimum absolute atomic E-state index is 0.781. The van der Waals surface area contributed by atoms with Crippen molar-refractivity contribution in [3.8, 4) is 0 Å². The van der Waals surface area contributed by atoms with Crippen LogP contribution < -0.4 is 5.32 Å².